The van der Waals surface area contributed by atoms with Crippen molar-refractivity contribution in [1.82, 2.24) is 0 Å². The number of aliphatic hydroxyl groups excluding tert-OH is 1. The van der Waals surface area contributed by atoms with Crippen LogP contribution in [0.2, 0.25) is 0 Å². The van der Waals surface area contributed by atoms with Crippen LogP contribution in [0.25, 0.3) is 0 Å². The van der Waals surface area contributed by atoms with Gasteiger partial charge in [0, 0.05) is 6.61 Å². The summed E-state index contributed by atoms with van der Waals surface area (Å²) in [5.41, 5.74) is 0. The molecule has 0 amide bonds. The van der Waals surface area contributed by atoms with Crippen LogP contribution >= 0.6 is 0 Å². The standard InChI is InChI=1S/C4H10O.ClHO4/c1-4(2)3-5;2-1(3,4)5/h4-5H,3H2,1-2H3;(H,2,3,4,5). The Morgan fingerprint density at radius 2 is 1.40 bits per heavy atom. The fraction of sp³-hybridized carbons (Fsp3) is 1.00. The summed E-state index contributed by atoms with van der Waals surface area (Å²) < 4.78 is 32.7. The summed E-state index contributed by atoms with van der Waals surface area (Å²) >= 11 is 0. The molecule has 0 saturated heterocycles. The highest BCUT2D eigenvalue weighted by molar-refractivity contribution is 4.32. The summed E-state index contributed by atoms with van der Waals surface area (Å²) in [5, 5.41) is 8.14. The molecule has 2 N–H and O–H groups in total. The van der Waals surface area contributed by atoms with Gasteiger partial charge < -0.3 is 5.11 Å². The largest absolute Gasteiger partial charge is 0.396 e. The molecule has 0 spiro atoms. The molecule has 0 aromatic heterocycles. The van der Waals surface area contributed by atoms with Crippen LogP contribution in [0, 0.1) is 16.2 Å². The summed E-state index contributed by atoms with van der Waals surface area (Å²) in [6.45, 7) is 4.25. The van der Waals surface area contributed by atoms with E-state index in [4.69, 9.17) is 23.7 Å². The van der Waals surface area contributed by atoms with E-state index in [1.807, 2.05) is 13.8 Å². The maximum absolute atomic E-state index is 8.60. The molecule has 6 heteroatoms. The zero-order chi connectivity index (χ0) is 8.78. The van der Waals surface area contributed by atoms with Gasteiger partial charge in [0.05, 0.1) is 14.9 Å². The molecule has 0 heterocycles. The number of hydrogen-bond donors (Lipinski definition) is 2. The summed E-state index contributed by atoms with van der Waals surface area (Å²) in [5.74, 6) is 0.440. The second-order valence-corrected chi connectivity index (χ2v) is 2.76. The Balaban J connectivity index is 0. The lowest BCUT2D eigenvalue weighted by Gasteiger charge is -2.03. The molecule has 0 saturated carbocycles. The third-order valence-electron chi connectivity index (χ3n) is 0.365. The molecule has 0 aromatic carbocycles. The highest BCUT2D eigenvalue weighted by Gasteiger charge is 1.98. The molecule has 0 fully saturated rings. The highest BCUT2D eigenvalue weighted by atomic mass is 35.7. The smallest absolute Gasteiger partial charge is 0.0777 e. The van der Waals surface area contributed by atoms with Crippen molar-refractivity contribution < 1.29 is 34.0 Å². The van der Waals surface area contributed by atoms with Gasteiger partial charge in [-0.1, -0.05) is 13.8 Å². The minimum absolute atomic E-state index is 0.306. The topological polar surface area (TPSA) is 110 Å². The van der Waals surface area contributed by atoms with Crippen molar-refractivity contribution in [2.75, 3.05) is 6.61 Å². The van der Waals surface area contributed by atoms with Crippen molar-refractivity contribution in [1.29, 1.82) is 0 Å². The molecular formula is C4H11ClO5. The highest BCUT2D eigenvalue weighted by Crippen LogP contribution is 1.83. The van der Waals surface area contributed by atoms with Gasteiger partial charge in [0.2, 0.25) is 0 Å². The molecule has 0 atom stereocenters. The molecule has 0 bridgehead atoms. The second kappa shape index (κ2) is 5.84. The number of hydrogen-bond acceptors (Lipinski definition) is 5. The Morgan fingerprint density at radius 3 is 1.40 bits per heavy atom. The van der Waals surface area contributed by atoms with Crippen LogP contribution in [0.4, 0.5) is 0 Å². The molecule has 0 unspecified atom stereocenters. The van der Waals surface area contributed by atoms with Crippen LogP contribution in [0.3, 0.4) is 0 Å². The molecule has 0 aliphatic rings. The van der Waals surface area contributed by atoms with E-state index in [0.717, 1.165) is 0 Å². The molecule has 0 rings (SSSR count). The van der Waals surface area contributed by atoms with Gasteiger partial charge in [-0.05, 0) is 5.92 Å². The summed E-state index contributed by atoms with van der Waals surface area (Å²) in [6.07, 6.45) is 0. The van der Waals surface area contributed by atoms with Gasteiger partial charge in [-0.25, -0.2) is 0 Å². The minimum atomic E-state index is -4.69. The summed E-state index contributed by atoms with van der Waals surface area (Å²) in [6, 6.07) is 0. The van der Waals surface area contributed by atoms with Crippen molar-refractivity contribution >= 4 is 0 Å². The maximum atomic E-state index is 8.60. The van der Waals surface area contributed by atoms with Gasteiger partial charge in [-0.15, -0.1) is 0 Å². The van der Waals surface area contributed by atoms with Crippen LogP contribution in [0.1, 0.15) is 13.8 Å². The van der Waals surface area contributed by atoms with Crippen LogP contribution in [-0.2, 0) is 0 Å². The lowest BCUT2D eigenvalue weighted by Crippen LogP contribution is -2.58. The summed E-state index contributed by atoms with van der Waals surface area (Å²) in [7, 11) is -4.69. The normalized spacial score (nSPS) is 10.8. The van der Waals surface area contributed by atoms with Gasteiger partial charge in [0.25, 0.3) is 0 Å². The van der Waals surface area contributed by atoms with Gasteiger partial charge in [0.15, 0.2) is 0 Å². The maximum Gasteiger partial charge on any atom is 0.0777 e. The molecule has 0 aliphatic heterocycles. The number of halogens is 1. The zero-order valence-corrected chi connectivity index (χ0v) is 6.54. The Bertz CT molecular complexity index is 62.5. The van der Waals surface area contributed by atoms with E-state index in [1.54, 1.807) is 0 Å². The van der Waals surface area contributed by atoms with E-state index in [-0.39, 0.29) is 0 Å². The van der Waals surface area contributed by atoms with Crippen molar-refractivity contribution in [3.63, 3.8) is 0 Å². The van der Waals surface area contributed by atoms with E-state index in [9.17, 15) is 0 Å². The molecule has 0 aliphatic carbocycles. The molecule has 64 valence electrons. The van der Waals surface area contributed by atoms with E-state index in [0.29, 0.717) is 12.5 Å². The predicted molar refractivity (Wildman–Crippen MR) is 24.1 cm³/mol. The number of aliphatic hydroxyl groups is 1. The molecule has 5 nitrogen and oxygen atoms in total. The third-order valence-corrected chi connectivity index (χ3v) is 0.365. The molecule has 0 aromatic rings. The average molecular weight is 175 g/mol. The van der Waals surface area contributed by atoms with E-state index >= 15 is 0 Å². The number of rotatable bonds is 1. The monoisotopic (exact) mass is 174 g/mol. The lowest BCUT2D eigenvalue weighted by atomic mass is 10.2. The molecule has 0 radical (unpaired) electrons. The quantitative estimate of drug-likeness (QED) is 0.429. The van der Waals surface area contributed by atoms with Crippen molar-refractivity contribution in [3.8, 4) is 0 Å². The average Bonchev–Trinajstić information content (AvgIpc) is 1.61. The lowest BCUT2D eigenvalue weighted by molar-refractivity contribution is -1.92. The van der Waals surface area contributed by atoms with Crippen LogP contribution in [0.5, 0.6) is 0 Å². The third kappa shape index (κ3) is 93.1. The second-order valence-electron chi connectivity index (χ2n) is 1.97. The fourth-order valence-electron chi connectivity index (χ4n) is 0. The SMILES string of the molecule is CC(C)CO.[O-][Cl+3]([O-])([O-])O. The van der Waals surface area contributed by atoms with E-state index in [1.165, 1.54) is 0 Å². The zero-order valence-electron chi connectivity index (χ0n) is 5.78. The van der Waals surface area contributed by atoms with Crippen molar-refractivity contribution in [3.05, 3.63) is 0 Å². The summed E-state index contributed by atoms with van der Waals surface area (Å²) in [4.78, 5) is 0. The van der Waals surface area contributed by atoms with E-state index in [2.05, 4.69) is 0 Å². The van der Waals surface area contributed by atoms with E-state index < -0.39 is 10.2 Å². The van der Waals surface area contributed by atoms with Crippen LogP contribution < -0.4 is 14.0 Å². The van der Waals surface area contributed by atoms with Crippen LogP contribution in [0.15, 0.2) is 0 Å². The first-order valence-corrected chi connectivity index (χ1v) is 3.77. The van der Waals surface area contributed by atoms with Gasteiger partial charge in [-0.3, -0.25) is 0 Å². The van der Waals surface area contributed by atoms with Crippen molar-refractivity contribution in [2.24, 2.45) is 5.92 Å². The Morgan fingerprint density at radius 1 is 1.30 bits per heavy atom. The molecule has 10 heavy (non-hydrogen) atoms. The van der Waals surface area contributed by atoms with Gasteiger partial charge in [0.1, 0.15) is 0 Å². The first kappa shape index (κ1) is 12.7. The Kier molecular flexibility index (Phi) is 7.44. The van der Waals surface area contributed by atoms with Crippen molar-refractivity contribution in [2.45, 2.75) is 13.8 Å². The van der Waals surface area contributed by atoms with Gasteiger partial charge >= 0.3 is 0 Å². The first-order chi connectivity index (χ1) is 4.27. The first-order valence-electron chi connectivity index (χ1n) is 2.51. The Labute approximate surface area is 61.3 Å². The fourth-order valence-corrected chi connectivity index (χ4v) is 0. The van der Waals surface area contributed by atoms with Gasteiger partial charge in [-0.2, -0.15) is 14.0 Å². The van der Waals surface area contributed by atoms with Crippen LogP contribution in [-0.4, -0.2) is 16.4 Å². The molecular weight excluding hydrogens is 163 g/mol. The minimum Gasteiger partial charge on any atom is -0.396 e. The predicted octanol–water partition coefficient (Wildman–Crippen LogP) is -3.49. The Hall–Kier alpha value is 0.0900.